The van der Waals surface area contributed by atoms with Crippen molar-refractivity contribution in [1.29, 1.82) is 0 Å². The summed E-state index contributed by atoms with van der Waals surface area (Å²) in [6.45, 7) is 0.400. The summed E-state index contributed by atoms with van der Waals surface area (Å²) in [6.07, 6.45) is 4.41. The fourth-order valence-corrected chi connectivity index (χ4v) is 1.89. The van der Waals surface area contributed by atoms with Crippen LogP contribution < -0.4 is 9.47 Å². The second-order valence-electron chi connectivity index (χ2n) is 3.85. The molecule has 0 spiro atoms. The standard InChI is InChI=1S/C13H16N2O3/c1-17-11-4-3-5-12(18-2)13(11)10(16)8-15-7-6-14-9-15/h3-7,9-10,16H,8H2,1-2H3. The molecule has 5 nitrogen and oxygen atoms in total. The van der Waals surface area contributed by atoms with E-state index in [1.165, 1.54) is 0 Å². The quantitative estimate of drug-likeness (QED) is 0.873. The summed E-state index contributed by atoms with van der Waals surface area (Å²) in [4.78, 5) is 3.94. The maximum absolute atomic E-state index is 10.3. The minimum atomic E-state index is -0.717. The summed E-state index contributed by atoms with van der Waals surface area (Å²) in [7, 11) is 3.14. The van der Waals surface area contributed by atoms with Crippen molar-refractivity contribution in [3.8, 4) is 11.5 Å². The van der Waals surface area contributed by atoms with Crippen LogP contribution in [0.2, 0.25) is 0 Å². The van der Waals surface area contributed by atoms with E-state index in [2.05, 4.69) is 4.98 Å². The molecule has 1 heterocycles. The van der Waals surface area contributed by atoms with Crippen LogP contribution in [-0.4, -0.2) is 28.9 Å². The number of ether oxygens (including phenoxy) is 2. The minimum absolute atomic E-state index is 0.400. The van der Waals surface area contributed by atoms with Gasteiger partial charge in [0.1, 0.15) is 17.6 Å². The van der Waals surface area contributed by atoms with Gasteiger partial charge in [-0.3, -0.25) is 0 Å². The van der Waals surface area contributed by atoms with Crippen LogP contribution in [0.15, 0.2) is 36.9 Å². The zero-order valence-electron chi connectivity index (χ0n) is 10.4. The average molecular weight is 248 g/mol. The fourth-order valence-electron chi connectivity index (χ4n) is 1.89. The van der Waals surface area contributed by atoms with Gasteiger partial charge in [0.05, 0.1) is 32.7 Å². The van der Waals surface area contributed by atoms with Crippen LogP contribution in [0.5, 0.6) is 11.5 Å². The lowest BCUT2D eigenvalue weighted by Gasteiger charge is -2.18. The molecule has 0 aliphatic heterocycles. The van der Waals surface area contributed by atoms with Gasteiger partial charge in [0.2, 0.25) is 0 Å². The van der Waals surface area contributed by atoms with Crippen LogP contribution in [0.25, 0.3) is 0 Å². The molecule has 2 rings (SSSR count). The molecule has 2 aromatic rings. The van der Waals surface area contributed by atoms with Gasteiger partial charge in [-0.25, -0.2) is 4.98 Å². The van der Waals surface area contributed by atoms with E-state index in [0.29, 0.717) is 23.6 Å². The summed E-state index contributed by atoms with van der Waals surface area (Å²) in [6, 6.07) is 5.43. The average Bonchev–Trinajstić information content (AvgIpc) is 2.90. The van der Waals surface area contributed by atoms with Crippen molar-refractivity contribution in [2.75, 3.05) is 14.2 Å². The Kier molecular flexibility index (Phi) is 3.84. The molecule has 1 atom stereocenters. The first-order chi connectivity index (χ1) is 8.76. The molecule has 0 aliphatic carbocycles. The molecule has 96 valence electrons. The molecule has 1 unspecified atom stereocenters. The van der Waals surface area contributed by atoms with Gasteiger partial charge >= 0.3 is 0 Å². The smallest absolute Gasteiger partial charge is 0.128 e. The van der Waals surface area contributed by atoms with Crippen molar-refractivity contribution in [2.45, 2.75) is 12.6 Å². The normalized spacial score (nSPS) is 12.2. The number of hydrogen-bond acceptors (Lipinski definition) is 4. The molecule has 0 saturated heterocycles. The number of aliphatic hydroxyl groups is 1. The molecule has 0 bridgehead atoms. The summed E-state index contributed by atoms with van der Waals surface area (Å²) >= 11 is 0. The highest BCUT2D eigenvalue weighted by atomic mass is 16.5. The number of imidazole rings is 1. The summed E-state index contributed by atoms with van der Waals surface area (Å²) < 4.78 is 12.3. The zero-order valence-corrected chi connectivity index (χ0v) is 10.4. The van der Waals surface area contributed by atoms with Crippen molar-refractivity contribution in [1.82, 2.24) is 9.55 Å². The molecular formula is C13H16N2O3. The van der Waals surface area contributed by atoms with Gasteiger partial charge in [0.25, 0.3) is 0 Å². The Morgan fingerprint density at radius 2 is 1.94 bits per heavy atom. The van der Waals surface area contributed by atoms with Crippen molar-refractivity contribution < 1.29 is 14.6 Å². The summed E-state index contributed by atoms with van der Waals surface area (Å²) in [5, 5.41) is 10.3. The highest BCUT2D eigenvalue weighted by Gasteiger charge is 2.18. The predicted molar refractivity (Wildman–Crippen MR) is 66.7 cm³/mol. The topological polar surface area (TPSA) is 56.5 Å². The predicted octanol–water partition coefficient (Wildman–Crippen LogP) is 1.63. The van der Waals surface area contributed by atoms with E-state index >= 15 is 0 Å². The van der Waals surface area contributed by atoms with Crippen LogP contribution in [0.4, 0.5) is 0 Å². The largest absolute Gasteiger partial charge is 0.496 e. The van der Waals surface area contributed by atoms with Gasteiger partial charge in [-0.1, -0.05) is 6.07 Å². The number of benzene rings is 1. The van der Waals surface area contributed by atoms with E-state index in [1.54, 1.807) is 49.6 Å². The third-order valence-electron chi connectivity index (χ3n) is 2.74. The first-order valence-corrected chi connectivity index (χ1v) is 5.61. The van der Waals surface area contributed by atoms with Crippen molar-refractivity contribution in [3.63, 3.8) is 0 Å². The van der Waals surface area contributed by atoms with E-state index in [0.717, 1.165) is 0 Å². The Bertz CT molecular complexity index is 475. The highest BCUT2D eigenvalue weighted by Crippen LogP contribution is 2.34. The van der Waals surface area contributed by atoms with E-state index in [1.807, 2.05) is 6.07 Å². The van der Waals surface area contributed by atoms with Crippen LogP contribution >= 0.6 is 0 Å². The SMILES string of the molecule is COc1cccc(OC)c1C(O)Cn1ccnc1. The van der Waals surface area contributed by atoms with Crippen LogP contribution in [-0.2, 0) is 6.54 Å². The molecule has 0 radical (unpaired) electrons. The van der Waals surface area contributed by atoms with E-state index in [9.17, 15) is 5.11 Å². The first-order valence-electron chi connectivity index (χ1n) is 5.61. The second kappa shape index (κ2) is 5.55. The Morgan fingerprint density at radius 1 is 1.28 bits per heavy atom. The van der Waals surface area contributed by atoms with Gasteiger partial charge in [-0.2, -0.15) is 0 Å². The third-order valence-corrected chi connectivity index (χ3v) is 2.74. The number of aliphatic hydroxyl groups excluding tert-OH is 1. The number of hydrogen-bond donors (Lipinski definition) is 1. The number of aromatic nitrogens is 2. The first kappa shape index (κ1) is 12.4. The second-order valence-corrected chi connectivity index (χ2v) is 3.85. The molecule has 0 aliphatic rings. The summed E-state index contributed by atoms with van der Waals surface area (Å²) in [5.41, 5.74) is 0.649. The van der Waals surface area contributed by atoms with Gasteiger partial charge in [0.15, 0.2) is 0 Å². The molecular weight excluding hydrogens is 232 g/mol. The molecule has 0 fully saturated rings. The van der Waals surface area contributed by atoms with Gasteiger partial charge in [-0.05, 0) is 12.1 Å². The van der Waals surface area contributed by atoms with Gasteiger partial charge in [0, 0.05) is 12.4 Å². The Hall–Kier alpha value is -2.01. The van der Waals surface area contributed by atoms with Crippen LogP contribution in [0.1, 0.15) is 11.7 Å². The van der Waals surface area contributed by atoms with Crippen LogP contribution in [0.3, 0.4) is 0 Å². The molecule has 0 amide bonds. The van der Waals surface area contributed by atoms with Crippen molar-refractivity contribution >= 4 is 0 Å². The number of methoxy groups -OCH3 is 2. The number of rotatable bonds is 5. The molecule has 18 heavy (non-hydrogen) atoms. The van der Waals surface area contributed by atoms with Gasteiger partial charge < -0.3 is 19.1 Å². The number of nitrogens with zero attached hydrogens (tertiary/aromatic N) is 2. The lowest BCUT2D eigenvalue weighted by molar-refractivity contribution is 0.148. The molecule has 0 saturated carbocycles. The Labute approximate surface area is 106 Å². The van der Waals surface area contributed by atoms with Crippen LogP contribution in [0, 0.1) is 0 Å². The fraction of sp³-hybridized carbons (Fsp3) is 0.308. The lowest BCUT2D eigenvalue weighted by Crippen LogP contribution is -2.10. The van der Waals surface area contributed by atoms with E-state index < -0.39 is 6.10 Å². The Balaban J connectivity index is 2.30. The Morgan fingerprint density at radius 3 is 2.44 bits per heavy atom. The minimum Gasteiger partial charge on any atom is -0.496 e. The molecule has 5 heteroatoms. The molecule has 1 aromatic carbocycles. The summed E-state index contributed by atoms with van der Waals surface area (Å²) in [5.74, 6) is 1.23. The highest BCUT2D eigenvalue weighted by molar-refractivity contribution is 5.46. The van der Waals surface area contributed by atoms with Crippen molar-refractivity contribution in [3.05, 3.63) is 42.5 Å². The monoisotopic (exact) mass is 248 g/mol. The molecule has 1 N–H and O–H groups in total. The van der Waals surface area contributed by atoms with E-state index in [4.69, 9.17) is 9.47 Å². The van der Waals surface area contributed by atoms with E-state index in [-0.39, 0.29) is 0 Å². The molecule has 1 aromatic heterocycles. The van der Waals surface area contributed by atoms with Gasteiger partial charge in [-0.15, -0.1) is 0 Å². The maximum Gasteiger partial charge on any atom is 0.128 e. The maximum atomic E-state index is 10.3. The van der Waals surface area contributed by atoms with Crippen molar-refractivity contribution in [2.24, 2.45) is 0 Å². The lowest BCUT2D eigenvalue weighted by atomic mass is 10.1. The zero-order chi connectivity index (χ0) is 13.0. The third kappa shape index (κ3) is 2.46.